The molecule has 1 aliphatic rings. The molecule has 0 atom stereocenters. The van der Waals surface area contributed by atoms with Crippen LogP contribution >= 0.6 is 0 Å². The zero-order chi connectivity index (χ0) is 15.3. The first-order valence-corrected chi connectivity index (χ1v) is 8.77. The topological polar surface area (TPSA) is 29.3 Å². The Hall–Kier alpha value is -0.0800. The third-order valence-corrected chi connectivity index (χ3v) is 4.50. The summed E-state index contributed by atoms with van der Waals surface area (Å²) in [6.07, 6.45) is 6.56. The van der Waals surface area contributed by atoms with Gasteiger partial charge in [0.2, 0.25) is 0 Å². The highest BCUT2D eigenvalue weighted by molar-refractivity contribution is 5.00. The minimum Gasteiger partial charge on any atom is -0.329 e. The van der Waals surface area contributed by atoms with E-state index in [4.69, 9.17) is 5.73 Å². The van der Waals surface area contributed by atoms with Crippen molar-refractivity contribution in [2.75, 3.05) is 13.1 Å². The molecule has 2 heteroatoms. The van der Waals surface area contributed by atoms with Crippen LogP contribution in [-0.4, -0.2) is 29.6 Å². The summed E-state index contributed by atoms with van der Waals surface area (Å²) < 4.78 is 0. The lowest BCUT2D eigenvalue weighted by Gasteiger charge is -2.46. The molecule has 0 aromatic carbocycles. The van der Waals surface area contributed by atoms with Gasteiger partial charge >= 0.3 is 0 Å². The Morgan fingerprint density at radius 3 is 1.75 bits per heavy atom. The van der Waals surface area contributed by atoms with E-state index in [0.717, 1.165) is 30.3 Å². The van der Waals surface area contributed by atoms with Crippen LogP contribution in [0.25, 0.3) is 0 Å². The van der Waals surface area contributed by atoms with Crippen molar-refractivity contribution >= 4 is 0 Å². The highest BCUT2D eigenvalue weighted by Gasteiger charge is 2.43. The van der Waals surface area contributed by atoms with E-state index in [0.29, 0.717) is 0 Å². The van der Waals surface area contributed by atoms with Crippen molar-refractivity contribution in [2.45, 2.75) is 85.2 Å². The molecule has 0 unspecified atom stereocenters. The lowest BCUT2D eigenvalue weighted by atomic mass is 9.79. The van der Waals surface area contributed by atoms with Crippen LogP contribution in [0, 0.1) is 17.8 Å². The van der Waals surface area contributed by atoms with Crippen LogP contribution in [0.1, 0.15) is 73.6 Å². The third-order valence-electron chi connectivity index (χ3n) is 4.50. The van der Waals surface area contributed by atoms with Gasteiger partial charge in [0.15, 0.2) is 0 Å². The molecule has 0 heterocycles. The maximum absolute atomic E-state index is 6.34. The van der Waals surface area contributed by atoms with Crippen LogP contribution in [0.4, 0.5) is 0 Å². The predicted octanol–water partition coefficient (Wildman–Crippen LogP) is 4.29. The molecular weight excluding hydrogens is 244 g/mol. The van der Waals surface area contributed by atoms with E-state index < -0.39 is 0 Å². The van der Waals surface area contributed by atoms with Gasteiger partial charge in [-0.15, -0.1) is 0 Å². The van der Waals surface area contributed by atoms with E-state index in [1.54, 1.807) is 0 Å². The van der Waals surface area contributed by atoms with Crippen molar-refractivity contribution in [1.82, 2.24) is 4.90 Å². The van der Waals surface area contributed by atoms with Crippen LogP contribution in [0.15, 0.2) is 0 Å². The van der Waals surface area contributed by atoms with Gasteiger partial charge in [-0.25, -0.2) is 0 Å². The molecule has 0 aromatic rings. The van der Waals surface area contributed by atoms with Gasteiger partial charge in [0.1, 0.15) is 0 Å². The fourth-order valence-electron chi connectivity index (χ4n) is 3.71. The fraction of sp³-hybridized carbons (Fsp3) is 1.00. The second-order valence-electron chi connectivity index (χ2n) is 8.23. The van der Waals surface area contributed by atoms with Gasteiger partial charge in [-0.1, -0.05) is 41.5 Å². The summed E-state index contributed by atoms with van der Waals surface area (Å²) in [5.41, 5.74) is 6.57. The van der Waals surface area contributed by atoms with E-state index in [1.807, 2.05) is 0 Å². The van der Waals surface area contributed by atoms with Crippen molar-refractivity contribution in [2.24, 2.45) is 23.5 Å². The molecule has 120 valence electrons. The highest BCUT2D eigenvalue weighted by atomic mass is 15.3. The lowest BCUT2D eigenvalue weighted by molar-refractivity contribution is 0.0414. The van der Waals surface area contributed by atoms with Gasteiger partial charge in [-0.05, 0) is 56.4 Å². The van der Waals surface area contributed by atoms with Gasteiger partial charge in [0.05, 0.1) is 0 Å². The van der Waals surface area contributed by atoms with E-state index in [2.05, 4.69) is 46.4 Å². The molecule has 1 aliphatic carbocycles. The minimum atomic E-state index is 0.235. The SMILES string of the molecule is CC(C)CCN(C1CC1)C(CN)(CC(C)C)CC(C)C. The summed E-state index contributed by atoms with van der Waals surface area (Å²) in [6, 6.07) is 0.815. The fourth-order valence-corrected chi connectivity index (χ4v) is 3.71. The normalized spacial score (nSPS) is 16.9. The minimum absolute atomic E-state index is 0.235. The quantitative estimate of drug-likeness (QED) is 0.648. The van der Waals surface area contributed by atoms with Crippen molar-refractivity contribution in [3.05, 3.63) is 0 Å². The first-order chi connectivity index (χ1) is 9.30. The van der Waals surface area contributed by atoms with Gasteiger partial charge < -0.3 is 5.73 Å². The zero-order valence-corrected chi connectivity index (χ0v) is 14.8. The molecule has 1 rings (SSSR count). The number of rotatable bonds is 10. The van der Waals surface area contributed by atoms with Crippen molar-refractivity contribution in [1.29, 1.82) is 0 Å². The monoisotopic (exact) mass is 282 g/mol. The molecule has 1 fully saturated rings. The summed E-state index contributed by atoms with van der Waals surface area (Å²) >= 11 is 0. The first-order valence-electron chi connectivity index (χ1n) is 8.77. The van der Waals surface area contributed by atoms with Crippen LogP contribution < -0.4 is 5.73 Å². The Bertz CT molecular complexity index is 257. The summed E-state index contributed by atoms with van der Waals surface area (Å²) in [7, 11) is 0. The molecule has 0 aliphatic heterocycles. The Labute approximate surface area is 127 Å². The Morgan fingerprint density at radius 1 is 0.950 bits per heavy atom. The smallest absolute Gasteiger partial charge is 0.0339 e. The predicted molar refractivity (Wildman–Crippen MR) is 89.9 cm³/mol. The van der Waals surface area contributed by atoms with Crippen molar-refractivity contribution in [3.63, 3.8) is 0 Å². The second kappa shape index (κ2) is 7.79. The van der Waals surface area contributed by atoms with Crippen LogP contribution in [0.2, 0.25) is 0 Å². The largest absolute Gasteiger partial charge is 0.329 e. The summed E-state index contributed by atoms with van der Waals surface area (Å²) in [5, 5.41) is 0. The van der Waals surface area contributed by atoms with Crippen LogP contribution in [-0.2, 0) is 0 Å². The number of hydrogen-bond acceptors (Lipinski definition) is 2. The molecule has 2 N–H and O–H groups in total. The van der Waals surface area contributed by atoms with E-state index >= 15 is 0 Å². The van der Waals surface area contributed by atoms with Gasteiger partial charge in [0, 0.05) is 18.1 Å². The van der Waals surface area contributed by atoms with Gasteiger partial charge in [0.25, 0.3) is 0 Å². The molecule has 0 spiro atoms. The highest BCUT2D eigenvalue weighted by Crippen LogP contribution is 2.39. The van der Waals surface area contributed by atoms with Crippen LogP contribution in [0.3, 0.4) is 0 Å². The molecule has 0 saturated heterocycles. The molecule has 0 radical (unpaired) electrons. The van der Waals surface area contributed by atoms with Crippen LogP contribution in [0.5, 0.6) is 0 Å². The summed E-state index contributed by atoms with van der Waals surface area (Å²) in [6.45, 7) is 16.1. The van der Waals surface area contributed by atoms with E-state index in [9.17, 15) is 0 Å². The molecule has 0 amide bonds. The summed E-state index contributed by atoms with van der Waals surface area (Å²) in [4.78, 5) is 2.81. The zero-order valence-electron chi connectivity index (χ0n) is 14.8. The molecular formula is C18H38N2. The Kier molecular flexibility index (Phi) is 7.00. The molecule has 2 nitrogen and oxygen atoms in total. The second-order valence-corrected chi connectivity index (χ2v) is 8.23. The Balaban J connectivity index is 2.89. The molecule has 0 bridgehead atoms. The average Bonchev–Trinajstić information content (AvgIpc) is 3.11. The van der Waals surface area contributed by atoms with Crippen molar-refractivity contribution in [3.8, 4) is 0 Å². The maximum atomic E-state index is 6.34. The van der Waals surface area contributed by atoms with Crippen molar-refractivity contribution < 1.29 is 0 Å². The average molecular weight is 283 g/mol. The first kappa shape index (κ1) is 18.0. The Morgan fingerprint density at radius 2 is 1.45 bits per heavy atom. The molecule has 20 heavy (non-hydrogen) atoms. The number of nitrogens with zero attached hydrogens (tertiary/aromatic N) is 1. The lowest BCUT2D eigenvalue weighted by Crippen LogP contribution is -2.56. The number of nitrogens with two attached hydrogens (primary N) is 1. The maximum Gasteiger partial charge on any atom is 0.0339 e. The van der Waals surface area contributed by atoms with E-state index in [1.165, 1.54) is 38.6 Å². The van der Waals surface area contributed by atoms with E-state index in [-0.39, 0.29) is 5.54 Å². The van der Waals surface area contributed by atoms with Gasteiger partial charge in [-0.2, -0.15) is 0 Å². The van der Waals surface area contributed by atoms with Gasteiger partial charge in [-0.3, -0.25) is 4.90 Å². The summed E-state index contributed by atoms with van der Waals surface area (Å²) in [5.74, 6) is 2.22. The third kappa shape index (κ3) is 5.37. The standard InChI is InChI=1S/C18H38N2/c1-14(2)9-10-20(17-7-8-17)18(13-19,11-15(3)4)12-16(5)6/h14-17H,7-13,19H2,1-6H3. The molecule has 1 saturated carbocycles. The number of hydrogen-bond donors (Lipinski definition) is 1. The molecule has 0 aromatic heterocycles.